The summed E-state index contributed by atoms with van der Waals surface area (Å²) in [6, 6.07) is 13.8. The van der Waals surface area contributed by atoms with Crippen molar-refractivity contribution < 1.29 is 9.53 Å². The number of methoxy groups -OCH3 is 1. The Balaban J connectivity index is 1.71. The summed E-state index contributed by atoms with van der Waals surface area (Å²) in [5.41, 5.74) is 5.01. The van der Waals surface area contributed by atoms with Crippen LogP contribution >= 0.6 is 11.6 Å². The van der Waals surface area contributed by atoms with Gasteiger partial charge in [0, 0.05) is 68.4 Å². The van der Waals surface area contributed by atoms with E-state index in [2.05, 4.69) is 38.5 Å². The van der Waals surface area contributed by atoms with E-state index >= 15 is 0 Å². The number of hydrogen-bond donors (Lipinski definition) is 2. The first-order valence-electron chi connectivity index (χ1n) is 10.8. The molecule has 0 saturated heterocycles. The summed E-state index contributed by atoms with van der Waals surface area (Å²) in [5.74, 6) is 1.10. The number of ether oxygens (including phenoxy) is 1. The summed E-state index contributed by atoms with van der Waals surface area (Å²) in [6.45, 7) is 0. The minimum Gasteiger partial charge on any atom is -0.494 e. The van der Waals surface area contributed by atoms with Gasteiger partial charge in [-0.05, 0) is 18.2 Å². The maximum atomic E-state index is 12.2. The minimum atomic E-state index is -0.164. The number of nitrogens with one attached hydrogen (secondary N) is 2. The van der Waals surface area contributed by atoms with Crippen LogP contribution in [0, 0.1) is 0 Å². The molecule has 0 radical (unpaired) electrons. The molecule has 4 rings (SSSR count). The molecule has 2 N–H and O–H groups in total. The molecule has 0 fully saturated rings. The zero-order valence-electron chi connectivity index (χ0n) is 19.6. The minimum absolute atomic E-state index is 0.164. The highest BCUT2D eigenvalue weighted by Gasteiger charge is 2.16. The fourth-order valence-corrected chi connectivity index (χ4v) is 4.01. The fourth-order valence-electron chi connectivity index (χ4n) is 3.84. The van der Waals surface area contributed by atoms with Crippen LogP contribution in [-0.2, 0) is 11.8 Å². The summed E-state index contributed by atoms with van der Waals surface area (Å²) in [4.78, 5) is 23.3. The zero-order chi connectivity index (χ0) is 24.2. The molecule has 2 heterocycles. The predicted octanol–water partition coefficient (Wildman–Crippen LogP) is 5.02. The van der Waals surface area contributed by atoms with Crippen LogP contribution < -0.4 is 20.3 Å². The van der Waals surface area contributed by atoms with Gasteiger partial charge in [-0.25, -0.2) is 9.97 Å². The first-order chi connectivity index (χ1) is 16.4. The normalized spacial score (nSPS) is 10.9. The molecular formula is C25H27ClN6O2. The van der Waals surface area contributed by atoms with Crippen molar-refractivity contribution in [3.8, 4) is 17.0 Å². The number of carbonyl (C=O) groups excluding carboxylic acids is 1. The Bertz CT molecular complexity index is 1330. The summed E-state index contributed by atoms with van der Waals surface area (Å²) in [5, 5.41) is 7.29. The van der Waals surface area contributed by atoms with E-state index in [9.17, 15) is 4.79 Å². The summed E-state index contributed by atoms with van der Waals surface area (Å²) >= 11 is 5.73. The van der Waals surface area contributed by atoms with Gasteiger partial charge in [0.25, 0.3) is 0 Å². The zero-order valence-corrected chi connectivity index (χ0v) is 20.3. The van der Waals surface area contributed by atoms with E-state index in [0.717, 1.165) is 27.8 Å². The lowest BCUT2D eigenvalue weighted by Crippen LogP contribution is -2.17. The van der Waals surface area contributed by atoms with E-state index in [1.165, 1.54) is 0 Å². The van der Waals surface area contributed by atoms with Crippen LogP contribution in [-0.4, -0.2) is 47.5 Å². The Labute approximate surface area is 203 Å². The van der Waals surface area contributed by atoms with Crippen LogP contribution in [0.25, 0.3) is 22.2 Å². The number of anilines is 4. The van der Waals surface area contributed by atoms with Crippen molar-refractivity contribution in [3.63, 3.8) is 0 Å². The lowest BCUT2D eigenvalue weighted by molar-refractivity contribution is -0.115. The number of aromatic nitrogens is 3. The molecule has 0 saturated carbocycles. The molecule has 0 aliphatic heterocycles. The number of benzene rings is 2. The molecule has 1 amide bonds. The van der Waals surface area contributed by atoms with Gasteiger partial charge in [0.1, 0.15) is 5.75 Å². The Morgan fingerprint density at radius 1 is 1.18 bits per heavy atom. The number of nitrogens with zero attached hydrogens (tertiary/aromatic N) is 4. The summed E-state index contributed by atoms with van der Waals surface area (Å²) < 4.78 is 7.69. The average Bonchev–Trinajstić information content (AvgIpc) is 3.16. The molecule has 9 heteroatoms. The lowest BCUT2D eigenvalue weighted by atomic mass is 10.1. The number of carbonyl (C=O) groups is 1. The van der Waals surface area contributed by atoms with Crippen LogP contribution in [0.4, 0.5) is 23.0 Å². The van der Waals surface area contributed by atoms with Crippen molar-refractivity contribution in [2.75, 3.05) is 42.6 Å². The number of halogens is 1. The second-order valence-corrected chi connectivity index (χ2v) is 8.39. The topological polar surface area (TPSA) is 84.3 Å². The third-order valence-corrected chi connectivity index (χ3v) is 5.66. The van der Waals surface area contributed by atoms with E-state index < -0.39 is 0 Å². The lowest BCUT2D eigenvalue weighted by Gasteiger charge is -2.21. The van der Waals surface area contributed by atoms with Crippen molar-refractivity contribution in [2.24, 2.45) is 7.05 Å². The third-order valence-electron chi connectivity index (χ3n) is 5.47. The highest BCUT2D eigenvalue weighted by Crippen LogP contribution is 2.38. The smallest absolute Gasteiger partial charge is 0.227 e. The van der Waals surface area contributed by atoms with Crippen LogP contribution in [0.1, 0.15) is 6.42 Å². The van der Waals surface area contributed by atoms with E-state index in [1.54, 1.807) is 13.3 Å². The number of hydrogen-bond acceptors (Lipinski definition) is 6. The van der Waals surface area contributed by atoms with Gasteiger partial charge < -0.3 is 24.8 Å². The second-order valence-electron chi connectivity index (χ2n) is 8.01. The van der Waals surface area contributed by atoms with E-state index in [4.69, 9.17) is 21.3 Å². The van der Waals surface area contributed by atoms with Crippen LogP contribution in [0.15, 0.2) is 54.9 Å². The molecule has 8 nitrogen and oxygen atoms in total. The van der Waals surface area contributed by atoms with E-state index in [0.29, 0.717) is 23.1 Å². The molecule has 2 aromatic carbocycles. The highest BCUT2D eigenvalue weighted by atomic mass is 35.5. The van der Waals surface area contributed by atoms with Gasteiger partial charge in [0.2, 0.25) is 11.9 Å². The molecule has 0 bridgehead atoms. The first-order valence-corrected chi connectivity index (χ1v) is 11.3. The SMILES string of the molecule is COc1cc(N(C)C)c(NC(=O)CCCl)cc1Nc1nccc(-c2cn(C)c3ccccc23)n1. The van der Waals surface area contributed by atoms with Gasteiger partial charge in [0.15, 0.2) is 0 Å². The Morgan fingerprint density at radius 2 is 1.97 bits per heavy atom. The number of fused-ring (bicyclic) bond motifs is 1. The summed E-state index contributed by atoms with van der Waals surface area (Å²) in [7, 11) is 7.41. The van der Waals surface area contributed by atoms with Crippen LogP contribution in [0.2, 0.25) is 0 Å². The van der Waals surface area contributed by atoms with Gasteiger partial charge in [-0.1, -0.05) is 18.2 Å². The number of para-hydroxylation sites is 1. The van der Waals surface area contributed by atoms with Crippen molar-refractivity contribution >= 4 is 51.4 Å². The monoisotopic (exact) mass is 478 g/mol. The van der Waals surface area contributed by atoms with E-state index in [-0.39, 0.29) is 18.2 Å². The maximum absolute atomic E-state index is 12.2. The molecule has 0 unspecified atom stereocenters. The van der Waals surface area contributed by atoms with Gasteiger partial charge in [-0.3, -0.25) is 4.79 Å². The Kier molecular flexibility index (Phi) is 6.88. The first kappa shape index (κ1) is 23.4. The van der Waals surface area contributed by atoms with Crippen LogP contribution in [0.5, 0.6) is 5.75 Å². The van der Waals surface area contributed by atoms with Crippen molar-refractivity contribution in [3.05, 3.63) is 54.9 Å². The van der Waals surface area contributed by atoms with E-state index in [1.807, 2.05) is 56.4 Å². The molecular weight excluding hydrogens is 452 g/mol. The largest absolute Gasteiger partial charge is 0.494 e. The van der Waals surface area contributed by atoms with Crippen molar-refractivity contribution in [1.82, 2.24) is 14.5 Å². The molecule has 0 aliphatic carbocycles. The van der Waals surface area contributed by atoms with Crippen LogP contribution in [0.3, 0.4) is 0 Å². The quantitative estimate of drug-likeness (QED) is 0.346. The predicted molar refractivity (Wildman–Crippen MR) is 139 cm³/mol. The molecule has 34 heavy (non-hydrogen) atoms. The van der Waals surface area contributed by atoms with Gasteiger partial charge in [-0.2, -0.15) is 0 Å². The second kappa shape index (κ2) is 10.0. The number of alkyl halides is 1. The summed E-state index contributed by atoms with van der Waals surface area (Å²) in [6.07, 6.45) is 4.00. The molecule has 4 aromatic rings. The average molecular weight is 479 g/mol. The highest BCUT2D eigenvalue weighted by molar-refractivity contribution is 6.19. The maximum Gasteiger partial charge on any atom is 0.227 e. The van der Waals surface area contributed by atoms with Gasteiger partial charge >= 0.3 is 0 Å². The molecule has 0 atom stereocenters. The Hall–Kier alpha value is -3.78. The third kappa shape index (κ3) is 4.77. The van der Waals surface area contributed by atoms with Crippen molar-refractivity contribution in [2.45, 2.75) is 6.42 Å². The fraction of sp³-hybridized carbons (Fsp3) is 0.240. The number of amides is 1. The molecule has 2 aromatic heterocycles. The number of rotatable bonds is 8. The molecule has 176 valence electrons. The van der Waals surface area contributed by atoms with Gasteiger partial charge in [0.05, 0.1) is 29.9 Å². The molecule has 0 spiro atoms. The number of aryl methyl sites for hydroxylation is 1. The molecule has 0 aliphatic rings. The standard InChI is InChI=1S/C25H27ClN6O2/c1-31(2)22-14-23(34-4)20(13-19(22)28-24(33)9-11-26)30-25-27-12-10-18(29-25)17-15-32(3)21-8-6-5-7-16(17)21/h5-8,10,12-15H,9,11H2,1-4H3,(H,28,33)(H,27,29,30). The Morgan fingerprint density at radius 3 is 2.71 bits per heavy atom. The van der Waals surface area contributed by atoms with Crippen molar-refractivity contribution in [1.29, 1.82) is 0 Å². The van der Waals surface area contributed by atoms with Gasteiger partial charge in [-0.15, -0.1) is 11.6 Å².